The van der Waals surface area contributed by atoms with E-state index >= 15 is 0 Å². The number of rotatable bonds is 9. The molecular formula is C17H22F3N3O2. The van der Waals surface area contributed by atoms with Gasteiger partial charge in [-0.25, -0.2) is 5.84 Å². The van der Waals surface area contributed by atoms with Crippen molar-refractivity contribution in [2.75, 3.05) is 11.6 Å². The second-order valence-corrected chi connectivity index (χ2v) is 5.26. The maximum Gasteiger partial charge on any atom is 0.389 e. The van der Waals surface area contributed by atoms with Crippen molar-refractivity contribution in [1.29, 1.82) is 0 Å². The number of phenolic OH excluding ortho intramolecular Hbond substituents is 1. The summed E-state index contributed by atoms with van der Waals surface area (Å²) < 4.78 is 42.0. The minimum Gasteiger partial charge on any atom is -0.508 e. The summed E-state index contributed by atoms with van der Waals surface area (Å²) in [5.41, 5.74) is 6.58. The summed E-state index contributed by atoms with van der Waals surface area (Å²) in [5, 5.41) is 10.6. The first-order chi connectivity index (χ1) is 11.7. The molecular weight excluding hydrogens is 335 g/mol. The highest BCUT2D eigenvalue weighted by atomic mass is 19.4. The van der Waals surface area contributed by atoms with Crippen molar-refractivity contribution in [3.05, 3.63) is 60.7 Å². The molecule has 0 saturated heterocycles. The molecule has 0 aromatic heterocycles. The Morgan fingerprint density at radius 1 is 1.36 bits per heavy atom. The van der Waals surface area contributed by atoms with Gasteiger partial charge in [0.05, 0.1) is 17.1 Å². The van der Waals surface area contributed by atoms with E-state index in [1.807, 2.05) is 0 Å². The first-order valence-corrected chi connectivity index (χ1v) is 7.51. The fourth-order valence-corrected chi connectivity index (χ4v) is 1.92. The Morgan fingerprint density at radius 3 is 2.68 bits per heavy atom. The van der Waals surface area contributed by atoms with Crippen LogP contribution in [0.1, 0.15) is 19.3 Å². The number of ether oxygens (including phenoxy) is 1. The van der Waals surface area contributed by atoms with Crippen LogP contribution in [0.2, 0.25) is 0 Å². The van der Waals surface area contributed by atoms with Gasteiger partial charge in [0.25, 0.3) is 0 Å². The highest BCUT2D eigenvalue weighted by molar-refractivity contribution is 5.51. The third-order valence-corrected chi connectivity index (χ3v) is 3.04. The van der Waals surface area contributed by atoms with E-state index in [0.717, 1.165) is 0 Å². The first kappa shape index (κ1) is 20.4. The number of hydrogen-bond acceptors (Lipinski definition) is 5. The van der Waals surface area contributed by atoms with E-state index in [9.17, 15) is 18.3 Å². The number of hydrogen-bond donors (Lipinski definition) is 3. The summed E-state index contributed by atoms with van der Waals surface area (Å²) in [6.45, 7) is 3.46. The van der Waals surface area contributed by atoms with Crippen LogP contribution in [0, 0.1) is 0 Å². The van der Waals surface area contributed by atoms with Crippen LogP contribution in [0.3, 0.4) is 0 Å². The molecule has 0 aliphatic carbocycles. The van der Waals surface area contributed by atoms with E-state index in [0.29, 0.717) is 11.4 Å². The molecule has 0 bridgehead atoms. The Bertz CT molecular complexity index is 628. The zero-order valence-corrected chi connectivity index (χ0v) is 13.7. The third-order valence-electron chi connectivity index (χ3n) is 3.04. The predicted octanol–water partition coefficient (Wildman–Crippen LogP) is 3.69. The molecule has 0 atom stereocenters. The maximum atomic E-state index is 12.2. The van der Waals surface area contributed by atoms with Crippen LogP contribution in [0.15, 0.2) is 60.7 Å². The van der Waals surface area contributed by atoms with Gasteiger partial charge in [-0.3, -0.25) is 5.01 Å². The number of halogens is 3. The fraction of sp³-hybridized carbons (Fsp3) is 0.294. The molecule has 5 nitrogen and oxygen atoms in total. The smallest absolute Gasteiger partial charge is 0.389 e. The number of nitrogens with zero attached hydrogens (tertiary/aromatic N) is 1. The van der Waals surface area contributed by atoms with Crippen LogP contribution in [-0.2, 0) is 4.74 Å². The van der Waals surface area contributed by atoms with Gasteiger partial charge in [0, 0.05) is 25.1 Å². The van der Waals surface area contributed by atoms with Gasteiger partial charge in [-0.15, -0.1) is 0 Å². The van der Waals surface area contributed by atoms with Crippen LogP contribution >= 0.6 is 0 Å². The number of hydrazine groups is 1. The van der Waals surface area contributed by atoms with Gasteiger partial charge < -0.3 is 15.6 Å². The van der Waals surface area contributed by atoms with Crippen LogP contribution in [-0.4, -0.2) is 17.9 Å². The largest absolute Gasteiger partial charge is 0.508 e. The van der Waals surface area contributed by atoms with Crippen molar-refractivity contribution in [3.63, 3.8) is 0 Å². The Hall–Kier alpha value is -2.61. The Labute approximate surface area is 144 Å². The van der Waals surface area contributed by atoms with Gasteiger partial charge in [-0.1, -0.05) is 18.7 Å². The van der Waals surface area contributed by atoms with Gasteiger partial charge >= 0.3 is 6.18 Å². The van der Waals surface area contributed by atoms with Crippen molar-refractivity contribution in [3.8, 4) is 5.75 Å². The van der Waals surface area contributed by atoms with E-state index in [4.69, 9.17) is 16.3 Å². The molecule has 0 unspecified atom stereocenters. The Morgan fingerprint density at radius 2 is 2.08 bits per heavy atom. The van der Waals surface area contributed by atoms with Gasteiger partial charge in [0.2, 0.25) is 0 Å². The molecule has 5 N–H and O–H groups in total. The molecule has 1 aromatic carbocycles. The molecule has 0 amide bonds. The van der Waals surface area contributed by atoms with Gasteiger partial charge in [-0.05, 0) is 24.6 Å². The number of anilines is 1. The third kappa shape index (κ3) is 8.71. The van der Waals surface area contributed by atoms with E-state index in [-0.39, 0.29) is 30.9 Å². The minimum absolute atomic E-state index is 0.0434. The molecule has 0 heterocycles. The zero-order chi connectivity index (χ0) is 18.9. The van der Waals surface area contributed by atoms with E-state index in [2.05, 4.69) is 6.58 Å². The molecule has 1 aromatic rings. The monoisotopic (exact) mass is 357 g/mol. The van der Waals surface area contributed by atoms with Gasteiger partial charge in [-0.2, -0.15) is 13.2 Å². The van der Waals surface area contributed by atoms with Crippen LogP contribution < -0.4 is 16.6 Å². The lowest BCUT2D eigenvalue weighted by Gasteiger charge is -2.16. The molecule has 0 aliphatic heterocycles. The number of benzene rings is 1. The van der Waals surface area contributed by atoms with Crippen molar-refractivity contribution in [1.82, 2.24) is 0 Å². The molecule has 0 spiro atoms. The molecule has 0 fully saturated rings. The lowest BCUT2D eigenvalue weighted by molar-refractivity contribution is -0.135. The highest BCUT2D eigenvalue weighted by Gasteiger charge is 2.26. The van der Waals surface area contributed by atoms with Crippen molar-refractivity contribution < 1.29 is 23.0 Å². The lowest BCUT2D eigenvalue weighted by atomic mass is 10.2. The van der Waals surface area contributed by atoms with E-state index < -0.39 is 12.6 Å². The Kier molecular flexibility index (Phi) is 7.87. The standard InChI is InChI=1S/C17H22F3N3O2/c1-2-5-16(8-4-9-17(18,19)20)25-12-13(21)11-23(22)14-6-3-7-15(24)10-14/h2-3,5-7,10-11,24H,1,4,8-9,12,21-22H2/b13-11-,16-5+. The second kappa shape index (κ2) is 9.63. The lowest BCUT2D eigenvalue weighted by Crippen LogP contribution is -2.26. The van der Waals surface area contributed by atoms with E-state index in [1.165, 1.54) is 35.5 Å². The molecule has 0 saturated carbocycles. The molecule has 0 radical (unpaired) electrons. The fourth-order valence-electron chi connectivity index (χ4n) is 1.92. The average Bonchev–Trinajstić information content (AvgIpc) is 2.51. The SMILES string of the molecule is C=C/C=C(\CCCC(F)(F)F)OC/C(N)=C/N(N)c1cccc(O)c1. The minimum atomic E-state index is -4.19. The summed E-state index contributed by atoms with van der Waals surface area (Å²) in [4.78, 5) is 0. The maximum absolute atomic E-state index is 12.2. The highest BCUT2D eigenvalue weighted by Crippen LogP contribution is 2.24. The second-order valence-electron chi connectivity index (χ2n) is 5.26. The van der Waals surface area contributed by atoms with Crippen molar-refractivity contribution in [2.24, 2.45) is 11.6 Å². The topological polar surface area (TPSA) is 84.7 Å². The molecule has 8 heteroatoms. The van der Waals surface area contributed by atoms with Crippen molar-refractivity contribution >= 4 is 5.69 Å². The van der Waals surface area contributed by atoms with Gasteiger partial charge in [0.1, 0.15) is 12.4 Å². The molecule has 25 heavy (non-hydrogen) atoms. The van der Waals surface area contributed by atoms with Crippen LogP contribution in [0.5, 0.6) is 5.75 Å². The zero-order valence-electron chi connectivity index (χ0n) is 13.7. The molecule has 0 aliphatic rings. The number of nitrogens with two attached hydrogens (primary N) is 2. The quantitative estimate of drug-likeness (QED) is 0.272. The van der Waals surface area contributed by atoms with E-state index in [1.54, 1.807) is 12.1 Å². The molecule has 1 rings (SSSR count). The van der Waals surface area contributed by atoms with Crippen molar-refractivity contribution in [2.45, 2.75) is 25.4 Å². The Balaban J connectivity index is 2.57. The summed E-state index contributed by atoms with van der Waals surface area (Å²) in [5.74, 6) is 6.22. The molecule has 138 valence electrons. The van der Waals surface area contributed by atoms with Gasteiger partial charge in [0.15, 0.2) is 0 Å². The number of aromatic hydroxyl groups is 1. The van der Waals surface area contributed by atoms with Crippen LogP contribution in [0.4, 0.5) is 18.9 Å². The van der Waals surface area contributed by atoms with Crippen LogP contribution in [0.25, 0.3) is 0 Å². The summed E-state index contributed by atoms with van der Waals surface area (Å²) in [7, 11) is 0. The number of allylic oxidation sites excluding steroid dienone is 3. The first-order valence-electron chi connectivity index (χ1n) is 7.51. The number of phenols is 1. The summed E-state index contributed by atoms with van der Waals surface area (Å²) >= 11 is 0. The average molecular weight is 357 g/mol. The predicted molar refractivity (Wildman–Crippen MR) is 91.2 cm³/mol. The number of alkyl halides is 3. The summed E-state index contributed by atoms with van der Waals surface area (Å²) in [6, 6.07) is 6.24. The normalized spacial score (nSPS) is 12.8. The summed E-state index contributed by atoms with van der Waals surface area (Å²) in [6.07, 6.45) is -0.708.